The molecule has 0 unspecified atom stereocenters. The maximum Gasteiger partial charge on any atom is 0.165 e. The maximum absolute atomic E-state index is 11.8. The van der Waals surface area contributed by atoms with E-state index in [-0.39, 0.29) is 5.78 Å². The van der Waals surface area contributed by atoms with Crippen LogP contribution in [0.2, 0.25) is 5.02 Å². The molecule has 3 rings (SSSR count). The number of halogens is 1. The largest absolute Gasteiger partial charge is 0.294 e. The Kier molecular flexibility index (Phi) is 1.83. The monoisotopic (exact) mass is 216 g/mol. The molecule has 0 aliphatic heterocycles. The van der Waals surface area contributed by atoms with Crippen molar-refractivity contribution in [3.63, 3.8) is 0 Å². The minimum atomic E-state index is 0.171. The topological polar surface area (TPSA) is 17.1 Å². The number of aryl methyl sites for hydroxylation is 1. The average Bonchev–Trinajstić information content (AvgIpc) is 2.25. The Labute approximate surface area is 92.7 Å². The summed E-state index contributed by atoms with van der Waals surface area (Å²) in [6, 6.07) is 9.92. The predicted octanol–water partition coefficient (Wildman–Crippen LogP) is 3.62. The summed E-state index contributed by atoms with van der Waals surface area (Å²) < 4.78 is 0. The van der Waals surface area contributed by atoms with Gasteiger partial charge in [-0.15, -0.1) is 0 Å². The molecule has 0 saturated carbocycles. The molecule has 0 radical (unpaired) electrons. The molecule has 15 heavy (non-hydrogen) atoms. The van der Waals surface area contributed by atoms with Gasteiger partial charge in [0, 0.05) is 12.0 Å². The Hall–Kier alpha value is -1.34. The number of rotatable bonds is 0. The zero-order valence-electron chi connectivity index (χ0n) is 8.09. The van der Waals surface area contributed by atoms with Crippen molar-refractivity contribution in [1.82, 2.24) is 0 Å². The zero-order valence-corrected chi connectivity index (χ0v) is 8.84. The van der Waals surface area contributed by atoms with E-state index in [0.717, 1.165) is 22.8 Å². The Balaban J connectivity index is 2.55. The van der Waals surface area contributed by atoms with Crippen molar-refractivity contribution in [1.29, 1.82) is 0 Å². The van der Waals surface area contributed by atoms with Crippen LogP contribution < -0.4 is 0 Å². The molecule has 1 aliphatic rings. The van der Waals surface area contributed by atoms with Gasteiger partial charge >= 0.3 is 0 Å². The number of hydrogen-bond acceptors (Lipinski definition) is 1. The Morgan fingerprint density at radius 2 is 1.93 bits per heavy atom. The minimum absolute atomic E-state index is 0.171. The van der Waals surface area contributed by atoms with Crippen LogP contribution in [0.1, 0.15) is 22.3 Å². The van der Waals surface area contributed by atoms with Crippen molar-refractivity contribution in [3.05, 3.63) is 46.5 Å². The third-order valence-corrected chi connectivity index (χ3v) is 3.30. The highest BCUT2D eigenvalue weighted by atomic mass is 35.5. The van der Waals surface area contributed by atoms with Crippen LogP contribution in [0.15, 0.2) is 30.3 Å². The average molecular weight is 217 g/mol. The normalized spacial score (nSPS) is 14.6. The van der Waals surface area contributed by atoms with E-state index in [9.17, 15) is 4.79 Å². The zero-order chi connectivity index (χ0) is 10.4. The van der Waals surface area contributed by atoms with Crippen molar-refractivity contribution in [2.75, 3.05) is 0 Å². The second-order valence-corrected chi connectivity index (χ2v) is 4.27. The minimum Gasteiger partial charge on any atom is -0.294 e. The van der Waals surface area contributed by atoms with Crippen LogP contribution in [0.3, 0.4) is 0 Å². The third kappa shape index (κ3) is 1.20. The standard InChI is InChI=1S/C13H9ClO/c14-10-6-4-8-2-1-3-9-5-7-11(15)13(10)12(8)9/h1-4,6H,5,7H2. The van der Waals surface area contributed by atoms with Crippen LogP contribution in [0.4, 0.5) is 0 Å². The van der Waals surface area contributed by atoms with Crippen LogP contribution >= 0.6 is 11.6 Å². The Morgan fingerprint density at radius 1 is 1.07 bits per heavy atom. The molecule has 0 bridgehead atoms. The van der Waals surface area contributed by atoms with Gasteiger partial charge in [-0.2, -0.15) is 0 Å². The second kappa shape index (κ2) is 3.07. The Bertz CT molecular complexity index is 572. The quantitative estimate of drug-likeness (QED) is 0.657. The number of benzene rings is 2. The summed E-state index contributed by atoms with van der Waals surface area (Å²) in [6.45, 7) is 0. The van der Waals surface area contributed by atoms with Gasteiger partial charge in [0.1, 0.15) is 0 Å². The molecule has 0 spiro atoms. The molecule has 0 atom stereocenters. The van der Waals surface area contributed by atoms with Gasteiger partial charge < -0.3 is 0 Å². The van der Waals surface area contributed by atoms with Gasteiger partial charge in [0.15, 0.2) is 5.78 Å². The molecular weight excluding hydrogens is 208 g/mol. The van der Waals surface area contributed by atoms with E-state index in [2.05, 4.69) is 6.07 Å². The SMILES string of the molecule is O=C1CCc2cccc3ccc(Cl)c1c23. The molecule has 0 fully saturated rings. The van der Waals surface area contributed by atoms with E-state index in [0.29, 0.717) is 11.4 Å². The van der Waals surface area contributed by atoms with Gasteiger partial charge in [0.2, 0.25) is 0 Å². The van der Waals surface area contributed by atoms with Crippen molar-refractivity contribution in [2.24, 2.45) is 0 Å². The molecule has 2 aromatic rings. The van der Waals surface area contributed by atoms with Gasteiger partial charge in [0.05, 0.1) is 5.02 Å². The maximum atomic E-state index is 11.8. The van der Waals surface area contributed by atoms with Crippen LogP contribution in [-0.2, 0) is 6.42 Å². The van der Waals surface area contributed by atoms with Crippen LogP contribution in [0, 0.1) is 0 Å². The van der Waals surface area contributed by atoms with Crippen molar-refractivity contribution < 1.29 is 4.79 Å². The van der Waals surface area contributed by atoms with Gasteiger partial charge in [-0.1, -0.05) is 35.9 Å². The first-order valence-electron chi connectivity index (χ1n) is 5.00. The smallest absolute Gasteiger partial charge is 0.165 e. The van der Waals surface area contributed by atoms with Crippen LogP contribution in [0.5, 0.6) is 0 Å². The lowest BCUT2D eigenvalue weighted by Crippen LogP contribution is -2.09. The molecule has 1 nitrogen and oxygen atoms in total. The van der Waals surface area contributed by atoms with Gasteiger partial charge in [0.25, 0.3) is 0 Å². The summed E-state index contributed by atoms with van der Waals surface area (Å²) in [7, 11) is 0. The van der Waals surface area contributed by atoms with Crippen LogP contribution in [0.25, 0.3) is 10.8 Å². The lowest BCUT2D eigenvalue weighted by atomic mass is 9.88. The molecule has 0 heterocycles. The summed E-state index contributed by atoms with van der Waals surface area (Å²) in [6.07, 6.45) is 1.42. The van der Waals surface area contributed by atoms with E-state index < -0.39 is 0 Å². The fraction of sp³-hybridized carbons (Fsp3) is 0.154. The number of carbonyl (C=O) groups is 1. The van der Waals surface area contributed by atoms with Gasteiger partial charge in [-0.3, -0.25) is 4.79 Å². The van der Waals surface area contributed by atoms with E-state index in [4.69, 9.17) is 11.6 Å². The van der Waals surface area contributed by atoms with Gasteiger partial charge in [-0.25, -0.2) is 0 Å². The summed E-state index contributed by atoms with van der Waals surface area (Å²) in [5.74, 6) is 0.171. The predicted molar refractivity (Wildman–Crippen MR) is 61.6 cm³/mol. The molecule has 2 aromatic carbocycles. The van der Waals surface area contributed by atoms with E-state index in [1.807, 2.05) is 24.3 Å². The van der Waals surface area contributed by atoms with Crippen molar-refractivity contribution in [3.8, 4) is 0 Å². The molecule has 0 amide bonds. The molecule has 0 N–H and O–H groups in total. The van der Waals surface area contributed by atoms with Gasteiger partial charge in [-0.05, 0) is 28.8 Å². The lowest BCUT2D eigenvalue weighted by molar-refractivity contribution is 0.0982. The number of carbonyl (C=O) groups excluding carboxylic acids is 1. The summed E-state index contributed by atoms with van der Waals surface area (Å²) in [5.41, 5.74) is 1.96. The molecule has 0 saturated heterocycles. The summed E-state index contributed by atoms with van der Waals surface area (Å²) in [5, 5.41) is 2.75. The fourth-order valence-electron chi connectivity index (χ4n) is 2.28. The molecule has 0 aromatic heterocycles. The van der Waals surface area contributed by atoms with E-state index >= 15 is 0 Å². The molecule has 2 heteroatoms. The first-order valence-corrected chi connectivity index (χ1v) is 5.38. The van der Waals surface area contributed by atoms with Crippen molar-refractivity contribution in [2.45, 2.75) is 12.8 Å². The highest BCUT2D eigenvalue weighted by molar-refractivity contribution is 6.36. The summed E-state index contributed by atoms with van der Waals surface area (Å²) >= 11 is 6.08. The van der Waals surface area contributed by atoms with Crippen LogP contribution in [-0.4, -0.2) is 5.78 Å². The lowest BCUT2D eigenvalue weighted by Gasteiger charge is -2.17. The Morgan fingerprint density at radius 3 is 2.80 bits per heavy atom. The first kappa shape index (κ1) is 8.93. The number of hydrogen-bond donors (Lipinski definition) is 0. The fourth-order valence-corrected chi connectivity index (χ4v) is 2.55. The molecule has 74 valence electrons. The number of Topliss-reactive ketones (excluding diaryl/α,β-unsaturated/α-hetero) is 1. The molecule has 1 aliphatic carbocycles. The second-order valence-electron chi connectivity index (χ2n) is 3.86. The molecular formula is C13H9ClO. The highest BCUT2D eigenvalue weighted by Crippen LogP contribution is 2.33. The van der Waals surface area contributed by atoms with Crippen molar-refractivity contribution >= 4 is 28.2 Å². The summed E-state index contributed by atoms with van der Waals surface area (Å²) in [4.78, 5) is 11.8. The van der Waals surface area contributed by atoms with E-state index in [1.54, 1.807) is 0 Å². The first-order chi connectivity index (χ1) is 7.27. The van der Waals surface area contributed by atoms with E-state index in [1.165, 1.54) is 5.56 Å². The highest BCUT2D eigenvalue weighted by Gasteiger charge is 2.21. The number of ketones is 1. The third-order valence-electron chi connectivity index (χ3n) is 2.98.